The third-order valence-corrected chi connectivity index (χ3v) is 1.56. The zero-order valence-electron chi connectivity index (χ0n) is 7.76. The molecule has 0 aliphatic rings. The molecule has 1 amide bonds. The SMILES string of the molecule is CNC(=O)c1cccc(OC(F)(F)F)c1. The molecule has 0 aliphatic heterocycles. The zero-order valence-corrected chi connectivity index (χ0v) is 7.76. The van der Waals surface area contributed by atoms with Crippen LogP contribution in [0.5, 0.6) is 5.75 Å². The summed E-state index contributed by atoms with van der Waals surface area (Å²) < 4.78 is 39.2. The molecule has 0 aliphatic carbocycles. The highest BCUT2D eigenvalue weighted by Gasteiger charge is 2.31. The van der Waals surface area contributed by atoms with E-state index in [9.17, 15) is 18.0 Å². The van der Waals surface area contributed by atoms with E-state index in [1.807, 2.05) is 0 Å². The Morgan fingerprint density at radius 3 is 2.60 bits per heavy atom. The molecule has 0 unspecified atom stereocenters. The minimum absolute atomic E-state index is 0.110. The standard InChI is InChI=1S/C9H8F3NO2/c1-13-8(14)6-3-2-4-7(5-6)15-9(10,11)12/h2-5H,1H3,(H,13,14). The van der Waals surface area contributed by atoms with Gasteiger partial charge in [0.25, 0.3) is 5.91 Å². The molecule has 15 heavy (non-hydrogen) atoms. The van der Waals surface area contributed by atoms with Gasteiger partial charge in [-0.2, -0.15) is 0 Å². The molecule has 0 fully saturated rings. The molecule has 0 bridgehead atoms. The van der Waals surface area contributed by atoms with E-state index in [4.69, 9.17) is 0 Å². The van der Waals surface area contributed by atoms with E-state index >= 15 is 0 Å². The van der Waals surface area contributed by atoms with Crippen LogP contribution in [0, 0.1) is 0 Å². The van der Waals surface area contributed by atoms with Crippen molar-refractivity contribution in [2.75, 3.05) is 7.05 Å². The molecule has 0 radical (unpaired) electrons. The lowest BCUT2D eigenvalue weighted by Gasteiger charge is -2.09. The summed E-state index contributed by atoms with van der Waals surface area (Å²) in [4.78, 5) is 11.1. The molecule has 3 nitrogen and oxygen atoms in total. The maximum Gasteiger partial charge on any atom is 0.573 e. The Hall–Kier alpha value is -1.72. The molecule has 1 aromatic carbocycles. The second kappa shape index (κ2) is 4.20. The van der Waals surface area contributed by atoms with Crippen LogP contribution in [0.15, 0.2) is 24.3 Å². The van der Waals surface area contributed by atoms with Crippen LogP contribution in [0.1, 0.15) is 10.4 Å². The number of carbonyl (C=O) groups is 1. The first-order valence-electron chi connectivity index (χ1n) is 4.00. The van der Waals surface area contributed by atoms with Crippen molar-refractivity contribution in [1.82, 2.24) is 5.32 Å². The number of ether oxygens (including phenoxy) is 1. The van der Waals surface area contributed by atoms with Crippen molar-refractivity contribution >= 4 is 5.91 Å². The average molecular weight is 219 g/mol. The van der Waals surface area contributed by atoms with Gasteiger partial charge in [0.2, 0.25) is 0 Å². The number of rotatable bonds is 2. The van der Waals surface area contributed by atoms with Gasteiger partial charge in [0.1, 0.15) is 5.75 Å². The highest BCUT2D eigenvalue weighted by Crippen LogP contribution is 2.23. The van der Waals surface area contributed by atoms with Gasteiger partial charge < -0.3 is 10.1 Å². The molecule has 0 spiro atoms. The minimum atomic E-state index is -4.75. The van der Waals surface area contributed by atoms with E-state index in [1.54, 1.807) is 0 Å². The zero-order chi connectivity index (χ0) is 11.5. The van der Waals surface area contributed by atoms with Gasteiger partial charge in [-0.1, -0.05) is 6.07 Å². The number of nitrogens with one attached hydrogen (secondary N) is 1. The van der Waals surface area contributed by atoms with Gasteiger partial charge in [-0.25, -0.2) is 0 Å². The number of benzene rings is 1. The van der Waals surface area contributed by atoms with Gasteiger partial charge in [0, 0.05) is 12.6 Å². The Morgan fingerprint density at radius 1 is 1.40 bits per heavy atom. The number of amides is 1. The highest BCUT2D eigenvalue weighted by molar-refractivity contribution is 5.94. The lowest BCUT2D eigenvalue weighted by Crippen LogP contribution is -2.19. The Labute approximate surface area is 83.8 Å². The monoisotopic (exact) mass is 219 g/mol. The number of carbonyl (C=O) groups excluding carboxylic acids is 1. The summed E-state index contributed by atoms with van der Waals surface area (Å²) in [5.41, 5.74) is 0.110. The van der Waals surface area contributed by atoms with Crippen molar-refractivity contribution in [3.8, 4) is 5.75 Å². The Morgan fingerprint density at radius 2 is 2.07 bits per heavy atom. The molecule has 1 aromatic rings. The molecular formula is C9H8F3NO2. The summed E-state index contributed by atoms with van der Waals surface area (Å²) in [5.74, 6) is -0.883. The van der Waals surface area contributed by atoms with E-state index in [0.29, 0.717) is 0 Å². The molecule has 6 heteroatoms. The Balaban J connectivity index is 2.88. The summed E-state index contributed by atoms with van der Waals surface area (Å²) in [6.45, 7) is 0. The summed E-state index contributed by atoms with van der Waals surface area (Å²) in [5, 5.41) is 2.30. The second-order valence-corrected chi connectivity index (χ2v) is 2.65. The largest absolute Gasteiger partial charge is 0.573 e. The molecule has 0 atom stereocenters. The van der Waals surface area contributed by atoms with Gasteiger partial charge >= 0.3 is 6.36 Å². The van der Waals surface area contributed by atoms with Gasteiger partial charge in [-0.05, 0) is 18.2 Å². The van der Waals surface area contributed by atoms with Crippen LogP contribution in [0.25, 0.3) is 0 Å². The molecule has 0 saturated carbocycles. The van der Waals surface area contributed by atoms with Crippen molar-refractivity contribution in [3.63, 3.8) is 0 Å². The lowest BCUT2D eigenvalue weighted by molar-refractivity contribution is -0.274. The number of alkyl halides is 3. The van der Waals surface area contributed by atoms with E-state index < -0.39 is 18.0 Å². The maximum atomic E-state index is 11.8. The normalized spacial score (nSPS) is 10.9. The predicted molar refractivity (Wildman–Crippen MR) is 46.5 cm³/mol. The third-order valence-electron chi connectivity index (χ3n) is 1.56. The van der Waals surface area contributed by atoms with Crippen LogP contribution in [0.4, 0.5) is 13.2 Å². The molecule has 1 N–H and O–H groups in total. The first-order valence-corrected chi connectivity index (χ1v) is 4.00. The van der Waals surface area contributed by atoms with Crippen LogP contribution >= 0.6 is 0 Å². The molecule has 0 saturated heterocycles. The molecule has 82 valence electrons. The van der Waals surface area contributed by atoms with E-state index in [0.717, 1.165) is 12.1 Å². The highest BCUT2D eigenvalue weighted by atomic mass is 19.4. The second-order valence-electron chi connectivity index (χ2n) is 2.65. The van der Waals surface area contributed by atoms with Crippen LogP contribution < -0.4 is 10.1 Å². The van der Waals surface area contributed by atoms with Gasteiger partial charge in [0.05, 0.1) is 0 Å². The van der Waals surface area contributed by atoms with Crippen LogP contribution in [0.2, 0.25) is 0 Å². The fraction of sp³-hybridized carbons (Fsp3) is 0.222. The molecule has 0 aromatic heterocycles. The topological polar surface area (TPSA) is 38.3 Å². The van der Waals surface area contributed by atoms with Crippen molar-refractivity contribution in [2.24, 2.45) is 0 Å². The number of hydrogen-bond donors (Lipinski definition) is 1. The Kier molecular flexibility index (Phi) is 3.18. The van der Waals surface area contributed by atoms with Gasteiger partial charge in [-0.3, -0.25) is 4.79 Å². The van der Waals surface area contributed by atoms with Crippen LogP contribution in [-0.4, -0.2) is 19.3 Å². The van der Waals surface area contributed by atoms with E-state index in [1.165, 1.54) is 19.2 Å². The Bertz CT molecular complexity index is 363. The smallest absolute Gasteiger partial charge is 0.406 e. The van der Waals surface area contributed by atoms with Crippen molar-refractivity contribution in [2.45, 2.75) is 6.36 Å². The summed E-state index contributed by atoms with van der Waals surface area (Å²) in [6, 6.07) is 4.85. The number of hydrogen-bond acceptors (Lipinski definition) is 2. The predicted octanol–water partition coefficient (Wildman–Crippen LogP) is 1.94. The van der Waals surface area contributed by atoms with Crippen LogP contribution in [-0.2, 0) is 0 Å². The molecule has 1 rings (SSSR count). The third kappa shape index (κ3) is 3.49. The van der Waals surface area contributed by atoms with Gasteiger partial charge in [0.15, 0.2) is 0 Å². The fourth-order valence-corrected chi connectivity index (χ4v) is 0.979. The fourth-order valence-electron chi connectivity index (χ4n) is 0.979. The van der Waals surface area contributed by atoms with Crippen molar-refractivity contribution < 1.29 is 22.7 Å². The quantitative estimate of drug-likeness (QED) is 0.825. The van der Waals surface area contributed by atoms with Crippen molar-refractivity contribution in [1.29, 1.82) is 0 Å². The summed E-state index contributed by atoms with van der Waals surface area (Å²) >= 11 is 0. The van der Waals surface area contributed by atoms with Gasteiger partial charge in [-0.15, -0.1) is 13.2 Å². The van der Waals surface area contributed by atoms with E-state index in [-0.39, 0.29) is 5.56 Å². The molecular weight excluding hydrogens is 211 g/mol. The maximum absolute atomic E-state index is 11.8. The minimum Gasteiger partial charge on any atom is -0.406 e. The van der Waals surface area contributed by atoms with Crippen molar-refractivity contribution in [3.05, 3.63) is 29.8 Å². The summed E-state index contributed by atoms with van der Waals surface area (Å²) in [6.07, 6.45) is -4.75. The first kappa shape index (κ1) is 11.4. The lowest BCUT2D eigenvalue weighted by atomic mass is 10.2. The van der Waals surface area contributed by atoms with Crippen LogP contribution in [0.3, 0.4) is 0 Å². The summed E-state index contributed by atoms with van der Waals surface area (Å²) in [7, 11) is 1.39. The number of halogens is 3. The average Bonchev–Trinajstić information content (AvgIpc) is 2.14. The van der Waals surface area contributed by atoms with E-state index in [2.05, 4.69) is 10.1 Å². The molecule has 0 heterocycles. The first-order chi connectivity index (χ1) is 6.92.